The van der Waals surface area contributed by atoms with Crippen molar-refractivity contribution >= 4 is 9.39 Å². The maximum absolute atomic E-state index is 5.58. The van der Waals surface area contributed by atoms with Crippen LogP contribution in [0.2, 0.25) is 0 Å². The Balaban J connectivity index is 3.54. The van der Waals surface area contributed by atoms with Crippen molar-refractivity contribution in [1.82, 2.24) is 0 Å². The van der Waals surface area contributed by atoms with Gasteiger partial charge < -0.3 is 0 Å². The Bertz CT molecular complexity index is 55.2. The molecule has 0 saturated heterocycles. The van der Waals surface area contributed by atoms with Crippen molar-refractivity contribution in [3.05, 3.63) is 0 Å². The molecule has 0 aliphatic carbocycles. The third-order valence-electron chi connectivity index (χ3n) is 1.11. The molecule has 2 nitrogen and oxygen atoms in total. The van der Waals surface area contributed by atoms with Crippen molar-refractivity contribution in [2.45, 2.75) is 19.9 Å². The lowest BCUT2D eigenvalue weighted by Gasteiger charge is -2.25. The van der Waals surface area contributed by atoms with Gasteiger partial charge in [-0.05, 0) is 13.8 Å². The van der Waals surface area contributed by atoms with Gasteiger partial charge in [0.05, 0.1) is 16.4 Å². The predicted molar refractivity (Wildman–Crippen MR) is 35.2 cm³/mol. The second-order valence-corrected chi connectivity index (χ2v) is 3.43. The Hall–Kier alpha value is 0.350. The summed E-state index contributed by atoms with van der Waals surface area (Å²) in [4.78, 5) is 0. The third-order valence-corrected chi connectivity index (χ3v) is 1.71. The second-order valence-electron chi connectivity index (χ2n) is 2.32. The molecule has 0 saturated carbocycles. The van der Waals surface area contributed by atoms with Crippen molar-refractivity contribution in [2.24, 2.45) is 5.84 Å². The van der Waals surface area contributed by atoms with E-state index < -0.39 is 0 Å². The molecule has 2 N–H and O–H groups in total. The van der Waals surface area contributed by atoms with Crippen molar-refractivity contribution in [1.29, 1.82) is 0 Å². The van der Waals surface area contributed by atoms with Gasteiger partial charge in [0.2, 0.25) is 0 Å². The van der Waals surface area contributed by atoms with Crippen LogP contribution >= 0.6 is 9.39 Å². The summed E-state index contributed by atoms with van der Waals surface area (Å²) in [5.41, 5.74) is 0. The Morgan fingerprint density at radius 2 is 1.71 bits per heavy atom. The average molecular weight is 121 g/mol. The van der Waals surface area contributed by atoms with E-state index in [2.05, 4.69) is 23.2 Å². The van der Waals surface area contributed by atoms with E-state index in [1.165, 1.54) is 0 Å². The van der Waals surface area contributed by atoms with Crippen LogP contribution in [0.5, 0.6) is 0 Å². The first-order valence-corrected chi connectivity index (χ1v) is 2.89. The molecule has 0 rings (SSSR count). The smallest absolute Gasteiger partial charge is 0.101 e. The molecule has 0 radical (unpaired) electrons. The summed E-state index contributed by atoms with van der Waals surface area (Å²) in [6.07, 6.45) is 0. The lowest BCUT2D eigenvalue weighted by atomic mass is 10.4. The molecular weight excluding hydrogens is 107 g/mol. The average Bonchev–Trinajstić information content (AvgIpc) is 1.31. The fourth-order valence-electron chi connectivity index (χ4n) is 0. The normalized spacial score (nSPS) is 19.7. The largest absolute Gasteiger partial charge is 0.240 e. The highest BCUT2D eigenvalue weighted by atomic mass is 31.0. The summed E-state index contributed by atoms with van der Waals surface area (Å²) in [5.74, 6) is 5.58. The number of nitrogens with two attached hydrogens (primary N) is 1. The van der Waals surface area contributed by atoms with E-state index in [1.807, 2.05) is 7.05 Å². The molecule has 44 valence electrons. The first-order chi connectivity index (χ1) is 2.94. The molecule has 0 aromatic heterocycles. The van der Waals surface area contributed by atoms with Crippen LogP contribution in [-0.4, -0.2) is 17.5 Å². The predicted octanol–water partition coefficient (Wildman–Crippen LogP) is 0.505. The number of hydrogen-bond acceptors (Lipinski definition) is 1. The van der Waals surface area contributed by atoms with Gasteiger partial charge in [0.25, 0.3) is 0 Å². The quantitative estimate of drug-likeness (QED) is 0.305. The lowest BCUT2D eigenvalue weighted by molar-refractivity contribution is -0.813. The zero-order valence-electron chi connectivity index (χ0n) is 5.18. The van der Waals surface area contributed by atoms with Gasteiger partial charge in [-0.1, -0.05) is 0 Å². The van der Waals surface area contributed by atoms with Crippen LogP contribution < -0.4 is 5.84 Å². The minimum Gasteiger partial charge on any atom is -0.240 e. The van der Waals surface area contributed by atoms with Crippen LogP contribution in [0.15, 0.2) is 0 Å². The Morgan fingerprint density at radius 3 is 1.71 bits per heavy atom. The van der Waals surface area contributed by atoms with E-state index in [9.17, 15) is 0 Å². The standard InChI is InChI=1S/C4H14N2P/c1-4(2)6(3,5)7/h4H,5,7H2,1-3H3/q+1. The Kier molecular flexibility index (Phi) is 2.18. The second kappa shape index (κ2) is 2.08. The third kappa shape index (κ3) is 2.98. The van der Waals surface area contributed by atoms with Gasteiger partial charge in [0.1, 0.15) is 6.04 Å². The monoisotopic (exact) mass is 121 g/mol. The van der Waals surface area contributed by atoms with Gasteiger partial charge in [-0.15, -0.1) is 0 Å². The molecule has 2 atom stereocenters. The zero-order chi connectivity index (χ0) is 6.08. The summed E-state index contributed by atoms with van der Waals surface area (Å²) in [6.45, 7) is 4.15. The van der Waals surface area contributed by atoms with E-state index >= 15 is 0 Å². The van der Waals surface area contributed by atoms with Gasteiger partial charge in [-0.3, -0.25) is 0 Å². The molecule has 0 heterocycles. The molecule has 7 heavy (non-hydrogen) atoms. The fourth-order valence-corrected chi connectivity index (χ4v) is 0. The van der Waals surface area contributed by atoms with E-state index in [-0.39, 0.29) is 0 Å². The van der Waals surface area contributed by atoms with Crippen LogP contribution in [0, 0.1) is 0 Å². The minimum absolute atomic E-state index is 0.472. The Labute approximate surface area is 47.5 Å². The minimum atomic E-state index is 0.472. The highest BCUT2D eigenvalue weighted by molar-refractivity contribution is 7.08. The summed E-state index contributed by atoms with van der Waals surface area (Å²) in [6, 6.07) is 0.477. The van der Waals surface area contributed by atoms with Crippen molar-refractivity contribution in [3.63, 3.8) is 0 Å². The van der Waals surface area contributed by atoms with Crippen LogP contribution in [0.4, 0.5) is 0 Å². The number of rotatable bonds is 1. The fraction of sp³-hybridized carbons (Fsp3) is 1.00. The molecule has 0 fully saturated rings. The Morgan fingerprint density at radius 1 is 1.57 bits per heavy atom. The van der Waals surface area contributed by atoms with E-state index in [1.54, 1.807) is 0 Å². The van der Waals surface area contributed by atoms with Gasteiger partial charge in [0.15, 0.2) is 0 Å². The van der Waals surface area contributed by atoms with Crippen LogP contribution in [0.3, 0.4) is 0 Å². The molecule has 0 amide bonds. The molecule has 0 aliphatic rings. The van der Waals surface area contributed by atoms with Crippen molar-refractivity contribution < 1.29 is 4.36 Å². The summed E-state index contributed by atoms with van der Waals surface area (Å²) in [7, 11) is 4.49. The van der Waals surface area contributed by atoms with Gasteiger partial charge in [-0.2, -0.15) is 5.84 Å². The first kappa shape index (κ1) is 7.35. The van der Waals surface area contributed by atoms with E-state index in [4.69, 9.17) is 5.84 Å². The van der Waals surface area contributed by atoms with Crippen molar-refractivity contribution in [2.75, 3.05) is 7.05 Å². The number of quaternary nitrogens is 1. The lowest BCUT2D eigenvalue weighted by Crippen LogP contribution is -2.45. The summed E-state index contributed by atoms with van der Waals surface area (Å²) < 4.78 is 0.472. The summed E-state index contributed by atoms with van der Waals surface area (Å²) in [5, 5.41) is 0. The topological polar surface area (TPSA) is 26.0 Å². The molecule has 0 aliphatic heterocycles. The SMILES string of the molecule is CC(C)[N+](C)(N)P. The van der Waals surface area contributed by atoms with Gasteiger partial charge in [0, 0.05) is 0 Å². The molecule has 0 bridgehead atoms. The highest BCUT2D eigenvalue weighted by Gasteiger charge is 2.12. The highest BCUT2D eigenvalue weighted by Crippen LogP contribution is 2.07. The van der Waals surface area contributed by atoms with Gasteiger partial charge >= 0.3 is 0 Å². The first-order valence-electron chi connectivity index (χ1n) is 2.38. The molecule has 0 aromatic rings. The molecule has 2 unspecified atom stereocenters. The van der Waals surface area contributed by atoms with E-state index in [0.717, 1.165) is 0 Å². The maximum atomic E-state index is 5.58. The van der Waals surface area contributed by atoms with Crippen LogP contribution in [-0.2, 0) is 0 Å². The summed E-state index contributed by atoms with van der Waals surface area (Å²) >= 11 is 0. The molecular formula is C4H14N2P+. The maximum Gasteiger partial charge on any atom is 0.101 e. The molecule has 0 aromatic carbocycles. The van der Waals surface area contributed by atoms with Gasteiger partial charge in [-0.25, -0.2) is 4.36 Å². The zero-order valence-corrected chi connectivity index (χ0v) is 6.33. The molecule has 0 spiro atoms. The molecule has 3 heteroatoms. The van der Waals surface area contributed by atoms with E-state index in [0.29, 0.717) is 10.4 Å². The number of hydrogen-bond donors (Lipinski definition) is 1. The van der Waals surface area contributed by atoms with Crippen molar-refractivity contribution in [3.8, 4) is 0 Å². The van der Waals surface area contributed by atoms with Crippen LogP contribution in [0.25, 0.3) is 0 Å². The number of nitrogens with zero attached hydrogens (tertiary/aromatic N) is 1. The van der Waals surface area contributed by atoms with Crippen LogP contribution in [0.1, 0.15) is 13.8 Å².